The standard InChI is InChI=1S/C12H8BrF2NO/c13-8-4-9(14)11(10(15)5-8)12(17)7-2-1-3-16-6-7/h1-6,12,17H. The van der Waals surface area contributed by atoms with Crippen LogP contribution in [0.1, 0.15) is 17.2 Å². The van der Waals surface area contributed by atoms with Crippen LogP contribution < -0.4 is 0 Å². The summed E-state index contributed by atoms with van der Waals surface area (Å²) in [4.78, 5) is 3.79. The molecule has 0 saturated carbocycles. The number of aromatic nitrogens is 1. The van der Waals surface area contributed by atoms with Crippen LogP contribution in [0.2, 0.25) is 0 Å². The largest absolute Gasteiger partial charge is 0.383 e. The molecule has 0 saturated heterocycles. The van der Waals surface area contributed by atoms with Crippen LogP contribution in [0, 0.1) is 11.6 Å². The maximum Gasteiger partial charge on any atom is 0.133 e. The average molecular weight is 300 g/mol. The van der Waals surface area contributed by atoms with E-state index in [9.17, 15) is 13.9 Å². The maximum atomic E-state index is 13.6. The van der Waals surface area contributed by atoms with Crippen molar-refractivity contribution in [3.63, 3.8) is 0 Å². The van der Waals surface area contributed by atoms with Gasteiger partial charge < -0.3 is 5.11 Å². The van der Waals surface area contributed by atoms with Crippen LogP contribution in [0.5, 0.6) is 0 Å². The summed E-state index contributed by atoms with van der Waals surface area (Å²) in [5.74, 6) is -1.60. The van der Waals surface area contributed by atoms with Gasteiger partial charge in [0.25, 0.3) is 0 Å². The fourth-order valence-electron chi connectivity index (χ4n) is 1.52. The van der Waals surface area contributed by atoms with E-state index in [0.717, 1.165) is 12.1 Å². The van der Waals surface area contributed by atoms with Gasteiger partial charge in [-0.2, -0.15) is 0 Å². The SMILES string of the molecule is OC(c1cccnc1)c1c(F)cc(Br)cc1F. The minimum atomic E-state index is -1.36. The van der Waals surface area contributed by atoms with E-state index >= 15 is 0 Å². The molecule has 2 aromatic rings. The molecule has 1 aromatic carbocycles. The van der Waals surface area contributed by atoms with Crippen molar-refractivity contribution < 1.29 is 13.9 Å². The lowest BCUT2D eigenvalue weighted by Crippen LogP contribution is -2.06. The molecule has 0 aliphatic carbocycles. The van der Waals surface area contributed by atoms with Gasteiger partial charge in [0.2, 0.25) is 0 Å². The van der Waals surface area contributed by atoms with Crippen molar-refractivity contribution in [2.75, 3.05) is 0 Å². The van der Waals surface area contributed by atoms with Gasteiger partial charge in [-0.1, -0.05) is 22.0 Å². The van der Waals surface area contributed by atoms with Crippen molar-refractivity contribution in [3.8, 4) is 0 Å². The molecule has 0 aliphatic rings. The van der Waals surface area contributed by atoms with E-state index in [4.69, 9.17) is 0 Å². The van der Waals surface area contributed by atoms with E-state index in [0.29, 0.717) is 5.56 Å². The first-order valence-electron chi connectivity index (χ1n) is 4.82. The summed E-state index contributed by atoms with van der Waals surface area (Å²) in [7, 11) is 0. The molecular weight excluding hydrogens is 292 g/mol. The van der Waals surface area contributed by atoms with Gasteiger partial charge in [-0.05, 0) is 18.2 Å². The normalized spacial score (nSPS) is 12.5. The summed E-state index contributed by atoms with van der Waals surface area (Å²) in [6.07, 6.45) is 1.52. The Bertz CT molecular complexity index is 510. The number of halogens is 3. The highest BCUT2D eigenvalue weighted by molar-refractivity contribution is 9.10. The van der Waals surface area contributed by atoms with Gasteiger partial charge in [0.15, 0.2) is 0 Å². The number of benzene rings is 1. The summed E-state index contributed by atoms with van der Waals surface area (Å²) in [5.41, 5.74) is -0.0335. The fourth-order valence-corrected chi connectivity index (χ4v) is 1.92. The lowest BCUT2D eigenvalue weighted by molar-refractivity contribution is 0.208. The number of aliphatic hydroxyl groups is 1. The highest BCUT2D eigenvalue weighted by atomic mass is 79.9. The Morgan fingerprint density at radius 3 is 2.41 bits per heavy atom. The Labute approximate surface area is 105 Å². The molecule has 0 fully saturated rings. The Kier molecular flexibility index (Phi) is 3.49. The first kappa shape index (κ1) is 12.1. The molecule has 1 aromatic heterocycles. The Balaban J connectivity index is 2.48. The summed E-state index contributed by atoms with van der Waals surface area (Å²) in [6.45, 7) is 0. The molecule has 17 heavy (non-hydrogen) atoms. The second-order valence-corrected chi connectivity index (χ2v) is 4.39. The smallest absolute Gasteiger partial charge is 0.133 e. The molecule has 0 bridgehead atoms. The van der Waals surface area contributed by atoms with Crippen LogP contribution in [0.25, 0.3) is 0 Å². The predicted octanol–water partition coefficient (Wildman–Crippen LogP) is 3.20. The van der Waals surface area contributed by atoms with Crippen LogP contribution in [0.15, 0.2) is 41.1 Å². The summed E-state index contributed by atoms with van der Waals surface area (Å²) in [5, 5.41) is 9.91. The van der Waals surface area contributed by atoms with E-state index in [1.54, 1.807) is 12.1 Å². The average Bonchev–Trinajstić information content (AvgIpc) is 2.28. The molecule has 2 rings (SSSR count). The van der Waals surface area contributed by atoms with Gasteiger partial charge >= 0.3 is 0 Å². The predicted molar refractivity (Wildman–Crippen MR) is 62.4 cm³/mol. The van der Waals surface area contributed by atoms with Crippen molar-refractivity contribution in [1.82, 2.24) is 4.98 Å². The van der Waals surface area contributed by atoms with Crippen molar-refractivity contribution in [1.29, 1.82) is 0 Å². The van der Waals surface area contributed by atoms with E-state index in [1.807, 2.05) is 0 Å². The van der Waals surface area contributed by atoms with Gasteiger partial charge in [-0.15, -0.1) is 0 Å². The molecule has 2 nitrogen and oxygen atoms in total. The number of aliphatic hydroxyl groups excluding tert-OH is 1. The van der Waals surface area contributed by atoms with E-state index in [2.05, 4.69) is 20.9 Å². The highest BCUT2D eigenvalue weighted by Crippen LogP contribution is 2.28. The first-order chi connectivity index (χ1) is 8.09. The van der Waals surface area contributed by atoms with Gasteiger partial charge in [-0.3, -0.25) is 4.98 Å². The Morgan fingerprint density at radius 1 is 1.24 bits per heavy atom. The van der Waals surface area contributed by atoms with Crippen molar-refractivity contribution >= 4 is 15.9 Å². The molecule has 1 N–H and O–H groups in total. The van der Waals surface area contributed by atoms with E-state index in [1.165, 1.54) is 12.4 Å². The molecule has 0 amide bonds. The quantitative estimate of drug-likeness (QED) is 0.924. The number of nitrogens with zero attached hydrogens (tertiary/aromatic N) is 1. The van der Waals surface area contributed by atoms with Crippen molar-refractivity contribution in [2.45, 2.75) is 6.10 Å². The topological polar surface area (TPSA) is 33.1 Å². The van der Waals surface area contributed by atoms with Crippen LogP contribution in [-0.2, 0) is 0 Å². The van der Waals surface area contributed by atoms with Crippen LogP contribution >= 0.6 is 15.9 Å². The van der Waals surface area contributed by atoms with Gasteiger partial charge in [-0.25, -0.2) is 8.78 Å². The fraction of sp³-hybridized carbons (Fsp3) is 0.0833. The Hall–Kier alpha value is -1.33. The zero-order valence-electron chi connectivity index (χ0n) is 8.57. The third-order valence-electron chi connectivity index (χ3n) is 2.32. The number of hydrogen-bond donors (Lipinski definition) is 1. The molecule has 0 radical (unpaired) electrons. The lowest BCUT2D eigenvalue weighted by atomic mass is 10.0. The number of hydrogen-bond acceptors (Lipinski definition) is 2. The van der Waals surface area contributed by atoms with Crippen LogP contribution in [-0.4, -0.2) is 10.1 Å². The van der Waals surface area contributed by atoms with Crippen LogP contribution in [0.4, 0.5) is 8.78 Å². The minimum Gasteiger partial charge on any atom is -0.383 e. The zero-order chi connectivity index (χ0) is 12.4. The summed E-state index contributed by atoms with van der Waals surface area (Å²) in [6, 6.07) is 5.36. The summed E-state index contributed by atoms with van der Waals surface area (Å²) >= 11 is 2.98. The molecule has 88 valence electrons. The molecule has 1 heterocycles. The van der Waals surface area contributed by atoms with E-state index in [-0.39, 0.29) is 10.0 Å². The monoisotopic (exact) mass is 299 g/mol. The van der Waals surface area contributed by atoms with Gasteiger partial charge in [0, 0.05) is 22.4 Å². The lowest BCUT2D eigenvalue weighted by Gasteiger charge is -2.13. The van der Waals surface area contributed by atoms with Crippen molar-refractivity contribution in [3.05, 3.63) is 63.9 Å². The summed E-state index contributed by atoms with van der Waals surface area (Å²) < 4.78 is 27.5. The van der Waals surface area contributed by atoms with Crippen molar-refractivity contribution in [2.24, 2.45) is 0 Å². The molecule has 1 atom stereocenters. The van der Waals surface area contributed by atoms with E-state index < -0.39 is 17.7 Å². The second-order valence-electron chi connectivity index (χ2n) is 3.47. The molecule has 5 heteroatoms. The third-order valence-corrected chi connectivity index (χ3v) is 2.78. The molecule has 0 aliphatic heterocycles. The Morgan fingerprint density at radius 2 is 1.88 bits per heavy atom. The van der Waals surface area contributed by atoms with Gasteiger partial charge in [0.05, 0.1) is 5.56 Å². The van der Waals surface area contributed by atoms with Gasteiger partial charge in [0.1, 0.15) is 17.7 Å². The zero-order valence-corrected chi connectivity index (χ0v) is 10.2. The highest BCUT2D eigenvalue weighted by Gasteiger charge is 2.20. The molecule has 0 spiro atoms. The first-order valence-corrected chi connectivity index (χ1v) is 5.61. The third kappa shape index (κ3) is 2.50. The maximum absolute atomic E-state index is 13.6. The number of rotatable bonds is 2. The number of pyridine rings is 1. The minimum absolute atomic E-state index is 0.287. The molecular formula is C12H8BrF2NO. The van der Waals surface area contributed by atoms with Crippen LogP contribution in [0.3, 0.4) is 0 Å². The second kappa shape index (κ2) is 4.89. The molecule has 1 unspecified atom stereocenters.